The van der Waals surface area contributed by atoms with E-state index in [-0.39, 0.29) is 12.6 Å². The van der Waals surface area contributed by atoms with Gasteiger partial charge in [-0.1, -0.05) is 0 Å². The van der Waals surface area contributed by atoms with Gasteiger partial charge < -0.3 is 10.4 Å². The lowest BCUT2D eigenvalue weighted by Gasteiger charge is -2.12. The lowest BCUT2D eigenvalue weighted by Crippen LogP contribution is -2.17. The Morgan fingerprint density at radius 1 is 1.54 bits per heavy atom. The fraction of sp³-hybridized carbons (Fsp3) is 0.556. The van der Waals surface area contributed by atoms with Gasteiger partial charge in [0.25, 0.3) is 0 Å². The van der Waals surface area contributed by atoms with E-state index in [4.69, 9.17) is 5.11 Å². The Labute approximate surface area is 78.0 Å². The Hall–Kier alpha value is -1.16. The predicted molar refractivity (Wildman–Crippen MR) is 51.6 cm³/mol. The maximum atomic E-state index is 8.70. The third-order valence-corrected chi connectivity index (χ3v) is 1.76. The van der Waals surface area contributed by atoms with Gasteiger partial charge in [-0.15, -0.1) is 0 Å². The summed E-state index contributed by atoms with van der Waals surface area (Å²) in [5.41, 5.74) is 0.939. The van der Waals surface area contributed by atoms with E-state index >= 15 is 0 Å². The van der Waals surface area contributed by atoms with Crippen molar-refractivity contribution in [1.29, 1.82) is 0 Å². The molecule has 0 radical (unpaired) electrons. The first-order valence-corrected chi connectivity index (χ1v) is 4.38. The van der Waals surface area contributed by atoms with Gasteiger partial charge in [-0.05, 0) is 20.3 Å². The minimum absolute atomic E-state index is 0.193. The summed E-state index contributed by atoms with van der Waals surface area (Å²) in [4.78, 5) is 8.05. The lowest BCUT2D eigenvalue weighted by atomic mass is 10.2. The summed E-state index contributed by atoms with van der Waals surface area (Å²) in [7, 11) is 0. The van der Waals surface area contributed by atoms with Gasteiger partial charge in [-0.25, -0.2) is 9.97 Å². The third-order valence-electron chi connectivity index (χ3n) is 1.76. The number of rotatable bonds is 4. The molecule has 1 heterocycles. The molecule has 1 atom stereocenters. The van der Waals surface area contributed by atoms with E-state index in [1.165, 1.54) is 6.33 Å². The molecule has 0 amide bonds. The second kappa shape index (κ2) is 4.77. The van der Waals surface area contributed by atoms with Crippen LogP contribution in [0.5, 0.6) is 0 Å². The summed E-state index contributed by atoms with van der Waals surface area (Å²) in [6.45, 7) is 4.12. The molecule has 1 unspecified atom stereocenters. The van der Waals surface area contributed by atoms with Crippen LogP contribution in [0.2, 0.25) is 0 Å². The molecule has 0 spiro atoms. The standard InChI is InChI=1S/C9H15N3O/c1-7(3-4-13)12-9-5-8(2)10-6-11-9/h5-7,13H,3-4H2,1-2H3,(H,10,11,12). The van der Waals surface area contributed by atoms with Crippen LogP contribution in [0.15, 0.2) is 12.4 Å². The van der Waals surface area contributed by atoms with E-state index in [1.54, 1.807) is 0 Å². The number of nitrogens with zero attached hydrogens (tertiary/aromatic N) is 2. The maximum Gasteiger partial charge on any atom is 0.129 e. The van der Waals surface area contributed by atoms with Crippen LogP contribution in [0, 0.1) is 6.92 Å². The minimum Gasteiger partial charge on any atom is -0.396 e. The zero-order chi connectivity index (χ0) is 9.68. The van der Waals surface area contributed by atoms with Gasteiger partial charge in [0, 0.05) is 24.4 Å². The topological polar surface area (TPSA) is 58.0 Å². The second-order valence-corrected chi connectivity index (χ2v) is 3.10. The van der Waals surface area contributed by atoms with Crippen molar-refractivity contribution in [3.8, 4) is 0 Å². The Bertz CT molecular complexity index is 265. The Morgan fingerprint density at radius 3 is 2.92 bits per heavy atom. The number of aliphatic hydroxyl groups is 1. The van der Waals surface area contributed by atoms with E-state index in [2.05, 4.69) is 15.3 Å². The molecular weight excluding hydrogens is 166 g/mol. The van der Waals surface area contributed by atoms with Crippen LogP contribution in [0.4, 0.5) is 5.82 Å². The third kappa shape index (κ3) is 3.38. The maximum absolute atomic E-state index is 8.70. The number of hydrogen-bond donors (Lipinski definition) is 2. The first kappa shape index (κ1) is 9.92. The number of aromatic nitrogens is 2. The average molecular weight is 181 g/mol. The van der Waals surface area contributed by atoms with Gasteiger partial charge in [0.05, 0.1) is 0 Å². The highest BCUT2D eigenvalue weighted by molar-refractivity contribution is 5.35. The lowest BCUT2D eigenvalue weighted by molar-refractivity contribution is 0.282. The molecule has 1 rings (SSSR count). The van der Waals surface area contributed by atoms with Gasteiger partial charge in [0.2, 0.25) is 0 Å². The second-order valence-electron chi connectivity index (χ2n) is 3.10. The van der Waals surface area contributed by atoms with E-state index in [9.17, 15) is 0 Å². The minimum atomic E-state index is 0.193. The molecule has 0 aliphatic rings. The predicted octanol–water partition coefficient (Wildman–Crippen LogP) is 0.968. The van der Waals surface area contributed by atoms with Crippen molar-refractivity contribution in [1.82, 2.24) is 9.97 Å². The van der Waals surface area contributed by atoms with E-state index in [0.29, 0.717) is 0 Å². The molecule has 72 valence electrons. The van der Waals surface area contributed by atoms with Crippen LogP contribution >= 0.6 is 0 Å². The molecule has 13 heavy (non-hydrogen) atoms. The number of nitrogens with one attached hydrogen (secondary N) is 1. The molecule has 4 heteroatoms. The monoisotopic (exact) mass is 181 g/mol. The molecule has 0 saturated heterocycles. The molecule has 2 N–H and O–H groups in total. The van der Waals surface area contributed by atoms with Crippen molar-refractivity contribution >= 4 is 5.82 Å². The molecule has 4 nitrogen and oxygen atoms in total. The van der Waals surface area contributed by atoms with E-state index in [1.807, 2.05) is 19.9 Å². The zero-order valence-corrected chi connectivity index (χ0v) is 7.99. The van der Waals surface area contributed by atoms with Gasteiger partial charge in [0.15, 0.2) is 0 Å². The largest absolute Gasteiger partial charge is 0.396 e. The molecule has 0 fully saturated rings. The van der Waals surface area contributed by atoms with Crippen LogP contribution in [0.25, 0.3) is 0 Å². The number of aryl methyl sites for hydroxylation is 1. The van der Waals surface area contributed by atoms with E-state index in [0.717, 1.165) is 17.9 Å². The summed E-state index contributed by atoms with van der Waals surface area (Å²) < 4.78 is 0. The number of hydrogen-bond acceptors (Lipinski definition) is 4. The molecule has 1 aromatic heterocycles. The van der Waals surface area contributed by atoms with Crippen LogP contribution in [0.1, 0.15) is 19.0 Å². The highest BCUT2D eigenvalue weighted by Gasteiger charge is 2.01. The van der Waals surface area contributed by atoms with E-state index < -0.39 is 0 Å². The van der Waals surface area contributed by atoms with Gasteiger partial charge >= 0.3 is 0 Å². The quantitative estimate of drug-likeness (QED) is 0.726. The van der Waals surface area contributed by atoms with Crippen LogP contribution in [0.3, 0.4) is 0 Å². The van der Waals surface area contributed by atoms with Crippen molar-refractivity contribution in [2.45, 2.75) is 26.3 Å². The molecule has 0 aliphatic heterocycles. The Morgan fingerprint density at radius 2 is 2.31 bits per heavy atom. The Balaban J connectivity index is 2.53. The van der Waals surface area contributed by atoms with Gasteiger partial charge in [0.1, 0.15) is 12.1 Å². The van der Waals surface area contributed by atoms with Crippen molar-refractivity contribution in [2.24, 2.45) is 0 Å². The van der Waals surface area contributed by atoms with Crippen molar-refractivity contribution in [3.05, 3.63) is 18.1 Å². The normalized spacial score (nSPS) is 12.5. The summed E-state index contributed by atoms with van der Waals surface area (Å²) >= 11 is 0. The SMILES string of the molecule is Cc1cc(NC(C)CCO)ncn1. The summed E-state index contributed by atoms with van der Waals surface area (Å²) in [6.07, 6.45) is 2.26. The number of aliphatic hydroxyl groups excluding tert-OH is 1. The molecule has 0 saturated carbocycles. The van der Waals surface area contributed by atoms with Crippen LogP contribution in [-0.4, -0.2) is 27.7 Å². The average Bonchev–Trinajstić information content (AvgIpc) is 2.04. The van der Waals surface area contributed by atoms with Gasteiger partial charge in [-0.2, -0.15) is 0 Å². The summed E-state index contributed by atoms with van der Waals surface area (Å²) in [5.74, 6) is 0.813. The fourth-order valence-electron chi connectivity index (χ4n) is 1.05. The van der Waals surface area contributed by atoms with Gasteiger partial charge in [-0.3, -0.25) is 0 Å². The van der Waals surface area contributed by atoms with Crippen molar-refractivity contribution in [3.63, 3.8) is 0 Å². The van der Waals surface area contributed by atoms with Crippen molar-refractivity contribution < 1.29 is 5.11 Å². The van der Waals surface area contributed by atoms with Crippen LogP contribution in [-0.2, 0) is 0 Å². The molecular formula is C9H15N3O. The summed E-state index contributed by atoms with van der Waals surface area (Å²) in [5, 5.41) is 11.9. The first-order valence-electron chi connectivity index (χ1n) is 4.38. The molecule has 1 aromatic rings. The van der Waals surface area contributed by atoms with Crippen molar-refractivity contribution in [2.75, 3.05) is 11.9 Å². The smallest absolute Gasteiger partial charge is 0.129 e. The number of anilines is 1. The summed E-state index contributed by atoms with van der Waals surface area (Å²) in [6, 6.07) is 2.12. The molecule has 0 bridgehead atoms. The highest BCUT2D eigenvalue weighted by atomic mass is 16.3. The Kier molecular flexibility index (Phi) is 3.64. The molecule has 0 aliphatic carbocycles. The highest BCUT2D eigenvalue weighted by Crippen LogP contribution is 2.05. The molecule has 0 aromatic carbocycles. The first-order chi connectivity index (χ1) is 6.22. The van der Waals surface area contributed by atoms with Crippen LogP contribution < -0.4 is 5.32 Å². The zero-order valence-electron chi connectivity index (χ0n) is 7.99. The fourth-order valence-corrected chi connectivity index (χ4v) is 1.05.